The minimum absolute atomic E-state index is 0.349. The average Bonchev–Trinajstić information content (AvgIpc) is 2.82. The van der Waals surface area contributed by atoms with Crippen LogP contribution in [-0.4, -0.2) is 11.5 Å². The van der Waals surface area contributed by atoms with Crippen molar-refractivity contribution < 1.29 is 0 Å². The Morgan fingerprint density at radius 2 is 2.22 bits per heavy atom. The third-order valence-corrected chi connectivity index (χ3v) is 4.52. The van der Waals surface area contributed by atoms with Crippen LogP contribution >= 0.6 is 22.9 Å². The van der Waals surface area contributed by atoms with Crippen molar-refractivity contribution in [2.45, 2.75) is 26.8 Å². The van der Waals surface area contributed by atoms with E-state index in [1.54, 1.807) is 11.3 Å². The predicted molar refractivity (Wildman–Crippen MR) is 79.4 cm³/mol. The maximum atomic E-state index is 6.15. The monoisotopic (exact) mass is 280 g/mol. The van der Waals surface area contributed by atoms with Crippen molar-refractivity contribution in [3.05, 3.63) is 39.9 Å². The zero-order chi connectivity index (χ0) is 13.1. The summed E-state index contributed by atoms with van der Waals surface area (Å²) in [6.07, 6.45) is 1.95. The summed E-state index contributed by atoms with van der Waals surface area (Å²) in [5, 5.41) is 5.21. The molecule has 0 aliphatic rings. The van der Waals surface area contributed by atoms with Gasteiger partial charge in [-0.25, -0.2) is 4.98 Å². The van der Waals surface area contributed by atoms with Crippen LogP contribution in [0.1, 0.15) is 30.3 Å². The Labute approximate surface area is 117 Å². The van der Waals surface area contributed by atoms with Gasteiger partial charge in [-0.1, -0.05) is 30.7 Å². The van der Waals surface area contributed by atoms with Gasteiger partial charge in [0.15, 0.2) is 0 Å². The van der Waals surface area contributed by atoms with Gasteiger partial charge in [0.05, 0.1) is 0 Å². The normalized spacial score (nSPS) is 12.7. The van der Waals surface area contributed by atoms with Crippen LogP contribution in [0.3, 0.4) is 0 Å². The Kier molecular flexibility index (Phi) is 4.38. The molecule has 0 aliphatic carbocycles. The average molecular weight is 281 g/mol. The summed E-state index contributed by atoms with van der Waals surface area (Å²) in [6.45, 7) is 7.23. The van der Waals surface area contributed by atoms with Crippen molar-refractivity contribution in [1.29, 1.82) is 0 Å². The van der Waals surface area contributed by atoms with E-state index in [-0.39, 0.29) is 0 Å². The first-order chi connectivity index (χ1) is 8.61. The first kappa shape index (κ1) is 13.5. The second-order valence-electron chi connectivity index (χ2n) is 4.31. The van der Waals surface area contributed by atoms with E-state index in [4.69, 9.17) is 11.6 Å². The minimum Gasteiger partial charge on any atom is -0.310 e. The third-order valence-electron chi connectivity index (χ3n) is 2.88. The molecule has 1 aromatic heterocycles. The molecule has 2 nitrogen and oxygen atoms in total. The first-order valence-electron chi connectivity index (χ1n) is 6.07. The number of rotatable bonds is 4. The molecule has 0 spiro atoms. The molecule has 2 aromatic rings. The van der Waals surface area contributed by atoms with E-state index in [1.807, 2.05) is 25.3 Å². The lowest BCUT2D eigenvalue weighted by Gasteiger charge is -2.08. The molecule has 1 aromatic carbocycles. The van der Waals surface area contributed by atoms with Crippen LogP contribution < -0.4 is 5.32 Å². The Morgan fingerprint density at radius 1 is 1.44 bits per heavy atom. The number of nitrogens with zero attached hydrogens (tertiary/aromatic N) is 1. The Balaban J connectivity index is 2.26. The Bertz CT molecular complexity index is 536. The van der Waals surface area contributed by atoms with E-state index < -0.39 is 0 Å². The van der Waals surface area contributed by atoms with Crippen molar-refractivity contribution >= 4 is 22.9 Å². The molecule has 2 rings (SSSR count). The lowest BCUT2D eigenvalue weighted by Crippen LogP contribution is -2.16. The highest BCUT2D eigenvalue weighted by molar-refractivity contribution is 7.15. The molecule has 1 unspecified atom stereocenters. The molecule has 0 aliphatic heterocycles. The molecule has 4 heteroatoms. The van der Waals surface area contributed by atoms with Gasteiger partial charge in [0.1, 0.15) is 5.01 Å². The molecule has 1 heterocycles. The first-order valence-corrected chi connectivity index (χ1v) is 7.27. The van der Waals surface area contributed by atoms with Crippen LogP contribution in [-0.2, 0) is 0 Å². The van der Waals surface area contributed by atoms with Crippen molar-refractivity contribution in [2.75, 3.05) is 6.54 Å². The second-order valence-corrected chi connectivity index (χ2v) is 5.78. The van der Waals surface area contributed by atoms with Gasteiger partial charge >= 0.3 is 0 Å². The summed E-state index contributed by atoms with van der Waals surface area (Å²) in [5.74, 6) is 0. The zero-order valence-electron chi connectivity index (χ0n) is 10.8. The number of hydrogen-bond donors (Lipinski definition) is 1. The van der Waals surface area contributed by atoms with E-state index in [0.29, 0.717) is 6.04 Å². The molecule has 1 atom stereocenters. The molecule has 96 valence electrons. The molecule has 18 heavy (non-hydrogen) atoms. The second kappa shape index (κ2) is 5.83. The fraction of sp³-hybridized carbons (Fsp3) is 0.357. The van der Waals surface area contributed by atoms with Gasteiger partial charge in [0, 0.05) is 27.7 Å². The topological polar surface area (TPSA) is 24.9 Å². The van der Waals surface area contributed by atoms with E-state index in [0.717, 1.165) is 27.7 Å². The highest BCUT2D eigenvalue weighted by Gasteiger charge is 2.10. The smallest absolute Gasteiger partial charge is 0.123 e. The van der Waals surface area contributed by atoms with Crippen LogP contribution in [0.4, 0.5) is 0 Å². The molecule has 0 amide bonds. The van der Waals surface area contributed by atoms with Crippen LogP contribution in [0.2, 0.25) is 5.02 Å². The van der Waals surface area contributed by atoms with E-state index in [1.165, 1.54) is 4.88 Å². The van der Waals surface area contributed by atoms with Gasteiger partial charge in [-0.3, -0.25) is 0 Å². The highest BCUT2D eigenvalue weighted by Crippen LogP contribution is 2.30. The summed E-state index contributed by atoms with van der Waals surface area (Å²) < 4.78 is 0. The summed E-state index contributed by atoms with van der Waals surface area (Å²) in [5.41, 5.74) is 2.18. The number of aryl methyl sites for hydroxylation is 1. The third kappa shape index (κ3) is 2.91. The van der Waals surface area contributed by atoms with Crippen molar-refractivity contribution in [1.82, 2.24) is 10.3 Å². The van der Waals surface area contributed by atoms with Crippen LogP contribution in [0.5, 0.6) is 0 Å². The molecule has 0 saturated carbocycles. The zero-order valence-corrected chi connectivity index (χ0v) is 12.4. The van der Waals surface area contributed by atoms with Crippen molar-refractivity contribution in [3.63, 3.8) is 0 Å². The predicted octanol–water partition coefficient (Wildman–Crippen LogP) is 4.44. The van der Waals surface area contributed by atoms with Gasteiger partial charge in [0.2, 0.25) is 0 Å². The Hall–Kier alpha value is -0.900. The van der Waals surface area contributed by atoms with Crippen molar-refractivity contribution in [3.8, 4) is 10.6 Å². The largest absolute Gasteiger partial charge is 0.310 e. The molecular formula is C14H17ClN2S. The Morgan fingerprint density at radius 3 is 2.89 bits per heavy atom. The molecule has 0 bridgehead atoms. The maximum absolute atomic E-state index is 6.15. The molecule has 0 radical (unpaired) electrons. The van der Waals surface area contributed by atoms with Crippen LogP contribution in [0.25, 0.3) is 10.6 Å². The van der Waals surface area contributed by atoms with Crippen molar-refractivity contribution in [2.24, 2.45) is 0 Å². The number of halogens is 1. The fourth-order valence-electron chi connectivity index (χ4n) is 1.75. The quantitative estimate of drug-likeness (QED) is 0.895. The van der Waals surface area contributed by atoms with Gasteiger partial charge < -0.3 is 5.32 Å². The molecule has 0 fully saturated rings. The number of hydrogen-bond acceptors (Lipinski definition) is 3. The molecule has 0 saturated heterocycles. The number of nitrogens with one attached hydrogen (secondary N) is 1. The fourth-order valence-corrected chi connectivity index (χ4v) is 2.87. The van der Waals surface area contributed by atoms with E-state index in [2.05, 4.69) is 30.2 Å². The molecule has 1 N–H and O–H groups in total. The summed E-state index contributed by atoms with van der Waals surface area (Å²) in [7, 11) is 0. The lowest BCUT2D eigenvalue weighted by molar-refractivity contribution is 0.606. The standard InChI is InChI=1S/C14H17ClN2S/c1-4-16-10(3)13-8-17-14(18-13)11-6-5-9(2)12(15)7-11/h5-8,10,16H,4H2,1-3H3. The summed E-state index contributed by atoms with van der Waals surface area (Å²) >= 11 is 7.86. The van der Waals surface area contributed by atoms with Gasteiger partial charge in [-0.2, -0.15) is 0 Å². The van der Waals surface area contributed by atoms with E-state index >= 15 is 0 Å². The number of thiazole rings is 1. The minimum atomic E-state index is 0.349. The molecular weight excluding hydrogens is 264 g/mol. The maximum Gasteiger partial charge on any atom is 0.123 e. The van der Waals surface area contributed by atoms with Gasteiger partial charge in [0.25, 0.3) is 0 Å². The number of benzene rings is 1. The van der Waals surface area contributed by atoms with Gasteiger partial charge in [-0.15, -0.1) is 11.3 Å². The summed E-state index contributed by atoms with van der Waals surface area (Å²) in [6, 6.07) is 6.44. The van der Waals surface area contributed by atoms with Crippen LogP contribution in [0, 0.1) is 6.92 Å². The number of aromatic nitrogens is 1. The summed E-state index contributed by atoms with van der Waals surface area (Å²) in [4.78, 5) is 5.73. The highest BCUT2D eigenvalue weighted by atomic mass is 35.5. The van der Waals surface area contributed by atoms with Gasteiger partial charge in [-0.05, 0) is 32.0 Å². The van der Waals surface area contributed by atoms with Crippen LogP contribution in [0.15, 0.2) is 24.4 Å². The SMILES string of the molecule is CCNC(C)c1cnc(-c2ccc(C)c(Cl)c2)s1. The lowest BCUT2D eigenvalue weighted by atomic mass is 10.1. The van der Waals surface area contributed by atoms with E-state index in [9.17, 15) is 0 Å².